The second-order valence-electron chi connectivity index (χ2n) is 6.98. The lowest BCUT2D eigenvalue weighted by molar-refractivity contribution is 0.0394. The second kappa shape index (κ2) is 8.00. The molecule has 29 heavy (non-hydrogen) atoms. The number of nitrogens with zero attached hydrogens (tertiary/aromatic N) is 4. The SMILES string of the molecule is CCOC(=O)c1cnc2c(c(C)nn2C)c1N1CCOC(c2ccccc2Cl)C1. The maximum absolute atomic E-state index is 12.7. The molecule has 1 atom stereocenters. The Bertz CT molecular complexity index is 1070. The topological polar surface area (TPSA) is 69.5 Å². The van der Waals surface area contributed by atoms with E-state index in [1.165, 1.54) is 0 Å². The van der Waals surface area contributed by atoms with E-state index >= 15 is 0 Å². The molecule has 2 aromatic heterocycles. The summed E-state index contributed by atoms with van der Waals surface area (Å²) in [6.07, 6.45) is 1.38. The van der Waals surface area contributed by atoms with Crippen LogP contribution in [0.1, 0.15) is 34.6 Å². The fourth-order valence-electron chi connectivity index (χ4n) is 3.86. The number of carbonyl (C=O) groups excluding carboxylic acids is 1. The Balaban J connectivity index is 1.82. The number of hydrogen-bond donors (Lipinski definition) is 0. The van der Waals surface area contributed by atoms with Gasteiger partial charge in [-0.25, -0.2) is 9.78 Å². The number of morpholine rings is 1. The number of rotatable bonds is 4. The average Bonchev–Trinajstić information content (AvgIpc) is 3.02. The summed E-state index contributed by atoms with van der Waals surface area (Å²) in [5.74, 6) is -0.388. The highest BCUT2D eigenvalue weighted by molar-refractivity contribution is 6.31. The monoisotopic (exact) mass is 414 g/mol. The first-order chi connectivity index (χ1) is 14.0. The van der Waals surface area contributed by atoms with E-state index in [1.807, 2.05) is 38.2 Å². The Hall–Kier alpha value is -2.64. The first-order valence-electron chi connectivity index (χ1n) is 9.61. The zero-order chi connectivity index (χ0) is 20.5. The van der Waals surface area contributed by atoms with E-state index in [2.05, 4.69) is 15.0 Å². The summed E-state index contributed by atoms with van der Waals surface area (Å²) >= 11 is 6.40. The summed E-state index contributed by atoms with van der Waals surface area (Å²) in [5, 5.41) is 6.03. The molecule has 0 spiro atoms. The van der Waals surface area contributed by atoms with Crippen LogP contribution >= 0.6 is 11.6 Å². The van der Waals surface area contributed by atoms with Crippen LogP contribution in [-0.2, 0) is 16.5 Å². The van der Waals surface area contributed by atoms with Gasteiger partial charge in [0, 0.05) is 36.9 Å². The highest BCUT2D eigenvalue weighted by atomic mass is 35.5. The molecular formula is C21H23ClN4O3. The third-order valence-corrected chi connectivity index (χ3v) is 5.47. The van der Waals surface area contributed by atoms with Gasteiger partial charge in [-0.3, -0.25) is 4.68 Å². The molecular weight excluding hydrogens is 392 g/mol. The molecule has 1 aliphatic heterocycles. The lowest BCUT2D eigenvalue weighted by atomic mass is 10.0. The van der Waals surface area contributed by atoms with Crippen molar-refractivity contribution in [2.24, 2.45) is 7.05 Å². The number of benzene rings is 1. The Labute approximate surface area is 174 Å². The quantitative estimate of drug-likeness (QED) is 0.606. The van der Waals surface area contributed by atoms with Crippen LogP contribution in [0.4, 0.5) is 5.69 Å². The van der Waals surface area contributed by atoms with Crippen molar-refractivity contribution >= 4 is 34.3 Å². The summed E-state index contributed by atoms with van der Waals surface area (Å²) in [6.45, 7) is 5.73. The van der Waals surface area contributed by atoms with E-state index in [0.717, 1.165) is 28.0 Å². The molecule has 4 rings (SSSR count). The standard InChI is InChI=1S/C21H23ClN4O3/c1-4-28-21(27)15-11-23-20-18(13(2)24-25(20)3)19(15)26-9-10-29-17(12-26)14-7-5-6-8-16(14)22/h5-8,11,17H,4,9-10,12H2,1-3H3. The molecule has 0 radical (unpaired) electrons. The van der Waals surface area contributed by atoms with Gasteiger partial charge in [0.1, 0.15) is 11.7 Å². The maximum Gasteiger partial charge on any atom is 0.341 e. The Morgan fingerprint density at radius 3 is 2.93 bits per heavy atom. The number of aromatic nitrogens is 3. The van der Waals surface area contributed by atoms with Gasteiger partial charge in [0.05, 0.1) is 30.0 Å². The van der Waals surface area contributed by atoms with Crippen LogP contribution in [0, 0.1) is 6.92 Å². The van der Waals surface area contributed by atoms with Gasteiger partial charge < -0.3 is 14.4 Å². The van der Waals surface area contributed by atoms with Crippen LogP contribution in [0.25, 0.3) is 11.0 Å². The van der Waals surface area contributed by atoms with Gasteiger partial charge in [0.2, 0.25) is 0 Å². The predicted molar refractivity (Wildman–Crippen MR) is 112 cm³/mol. The largest absolute Gasteiger partial charge is 0.462 e. The molecule has 1 aliphatic rings. The zero-order valence-corrected chi connectivity index (χ0v) is 17.4. The molecule has 1 fully saturated rings. The minimum absolute atomic E-state index is 0.201. The van der Waals surface area contributed by atoms with Crippen LogP contribution in [-0.4, -0.2) is 47.0 Å². The van der Waals surface area contributed by atoms with E-state index in [-0.39, 0.29) is 12.1 Å². The summed E-state index contributed by atoms with van der Waals surface area (Å²) in [5.41, 5.74) is 3.71. The maximum atomic E-state index is 12.7. The van der Waals surface area contributed by atoms with Crippen molar-refractivity contribution in [3.63, 3.8) is 0 Å². The van der Waals surface area contributed by atoms with Gasteiger partial charge in [0.25, 0.3) is 0 Å². The lowest BCUT2D eigenvalue weighted by Gasteiger charge is -2.36. The molecule has 1 unspecified atom stereocenters. The molecule has 0 bridgehead atoms. The molecule has 1 saturated heterocycles. The van der Waals surface area contributed by atoms with Crippen molar-refractivity contribution in [1.82, 2.24) is 14.8 Å². The average molecular weight is 415 g/mol. The van der Waals surface area contributed by atoms with Crippen molar-refractivity contribution in [3.8, 4) is 0 Å². The van der Waals surface area contributed by atoms with Crippen LogP contribution in [0.3, 0.4) is 0 Å². The first-order valence-corrected chi connectivity index (χ1v) is 9.99. The molecule has 3 heterocycles. The van der Waals surface area contributed by atoms with E-state index in [0.29, 0.717) is 36.9 Å². The number of ether oxygens (including phenoxy) is 2. The van der Waals surface area contributed by atoms with E-state index in [9.17, 15) is 4.79 Å². The molecule has 3 aromatic rings. The fourth-order valence-corrected chi connectivity index (χ4v) is 4.11. The highest BCUT2D eigenvalue weighted by Crippen LogP contribution is 2.36. The number of pyridine rings is 1. The van der Waals surface area contributed by atoms with Crippen molar-refractivity contribution in [1.29, 1.82) is 0 Å². The first kappa shape index (κ1) is 19.7. The second-order valence-corrected chi connectivity index (χ2v) is 7.38. The molecule has 0 N–H and O–H groups in total. The summed E-state index contributed by atoms with van der Waals surface area (Å²) < 4.78 is 13.0. The van der Waals surface area contributed by atoms with Crippen LogP contribution in [0.15, 0.2) is 30.5 Å². The highest BCUT2D eigenvalue weighted by Gasteiger charge is 2.30. The summed E-state index contributed by atoms with van der Waals surface area (Å²) in [7, 11) is 1.85. The van der Waals surface area contributed by atoms with Crippen molar-refractivity contribution in [3.05, 3.63) is 52.3 Å². The molecule has 152 valence electrons. The van der Waals surface area contributed by atoms with E-state index in [4.69, 9.17) is 21.1 Å². The number of anilines is 1. The number of aryl methyl sites for hydroxylation is 2. The normalized spacial score (nSPS) is 17.0. The van der Waals surface area contributed by atoms with Crippen LogP contribution in [0.2, 0.25) is 5.02 Å². The van der Waals surface area contributed by atoms with Gasteiger partial charge >= 0.3 is 5.97 Å². The minimum atomic E-state index is -0.388. The third-order valence-electron chi connectivity index (χ3n) is 5.13. The molecule has 8 heteroatoms. The zero-order valence-electron chi connectivity index (χ0n) is 16.7. The molecule has 7 nitrogen and oxygen atoms in total. The van der Waals surface area contributed by atoms with Crippen molar-refractivity contribution < 1.29 is 14.3 Å². The third kappa shape index (κ3) is 3.56. The van der Waals surface area contributed by atoms with Crippen molar-refractivity contribution in [2.75, 3.05) is 31.2 Å². The number of esters is 1. The van der Waals surface area contributed by atoms with Gasteiger partial charge in [-0.05, 0) is 19.9 Å². The van der Waals surface area contributed by atoms with Gasteiger partial charge in [-0.2, -0.15) is 5.10 Å². The predicted octanol–water partition coefficient (Wildman–Crippen LogP) is 3.68. The minimum Gasteiger partial charge on any atom is -0.462 e. The number of hydrogen-bond acceptors (Lipinski definition) is 6. The Morgan fingerprint density at radius 1 is 1.38 bits per heavy atom. The number of fused-ring (bicyclic) bond motifs is 1. The molecule has 1 aromatic carbocycles. The smallest absolute Gasteiger partial charge is 0.341 e. The van der Waals surface area contributed by atoms with Crippen LogP contribution < -0.4 is 4.90 Å². The summed E-state index contributed by atoms with van der Waals surface area (Å²) in [4.78, 5) is 19.3. The van der Waals surface area contributed by atoms with Crippen molar-refractivity contribution in [2.45, 2.75) is 20.0 Å². The molecule has 0 amide bonds. The number of carbonyl (C=O) groups is 1. The summed E-state index contributed by atoms with van der Waals surface area (Å²) in [6, 6.07) is 7.68. The fraction of sp³-hybridized carbons (Fsp3) is 0.381. The molecule has 0 saturated carbocycles. The van der Waals surface area contributed by atoms with Crippen LogP contribution in [0.5, 0.6) is 0 Å². The van der Waals surface area contributed by atoms with E-state index < -0.39 is 0 Å². The Morgan fingerprint density at radius 2 is 2.17 bits per heavy atom. The Kier molecular flexibility index (Phi) is 5.43. The van der Waals surface area contributed by atoms with Gasteiger partial charge in [-0.15, -0.1) is 0 Å². The lowest BCUT2D eigenvalue weighted by Crippen LogP contribution is -2.39. The van der Waals surface area contributed by atoms with Gasteiger partial charge in [0.15, 0.2) is 5.65 Å². The van der Waals surface area contributed by atoms with Gasteiger partial charge in [-0.1, -0.05) is 29.8 Å². The number of halogens is 1. The van der Waals surface area contributed by atoms with E-state index in [1.54, 1.807) is 17.8 Å². The molecule has 0 aliphatic carbocycles.